The van der Waals surface area contributed by atoms with Gasteiger partial charge >= 0.3 is 0 Å². The Morgan fingerprint density at radius 2 is 2.25 bits per heavy atom. The summed E-state index contributed by atoms with van der Waals surface area (Å²) in [6, 6.07) is 8.67. The van der Waals surface area contributed by atoms with E-state index < -0.39 is 11.3 Å². The highest BCUT2D eigenvalue weighted by atomic mass is 16.3. The van der Waals surface area contributed by atoms with Gasteiger partial charge in [0.1, 0.15) is 5.82 Å². The summed E-state index contributed by atoms with van der Waals surface area (Å²) in [5.74, 6) is -0.111. The summed E-state index contributed by atoms with van der Waals surface area (Å²) < 4.78 is 0. The third kappa shape index (κ3) is 1.77. The van der Waals surface area contributed by atoms with E-state index in [0.717, 1.165) is 6.20 Å². The molecule has 5 nitrogen and oxygen atoms in total. The van der Waals surface area contributed by atoms with Crippen molar-refractivity contribution in [2.24, 2.45) is 0 Å². The molecule has 0 saturated heterocycles. The SMILES string of the molecule is N#Cc1cccc(-c2ncc(O)c(=O)[nH]2)c1. The highest BCUT2D eigenvalue weighted by Crippen LogP contribution is 2.15. The van der Waals surface area contributed by atoms with Gasteiger partial charge in [0.25, 0.3) is 5.56 Å². The Hall–Kier alpha value is -2.61. The second-order valence-corrected chi connectivity index (χ2v) is 3.14. The Balaban J connectivity index is 2.55. The van der Waals surface area contributed by atoms with Gasteiger partial charge in [-0.05, 0) is 12.1 Å². The molecule has 0 saturated carbocycles. The normalized spacial score (nSPS) is 9.69. The number of nitriles is 1. The van der Waals surface area contributed by atoms with E-state index in [1.54, 1.807) is 24.3 Å². The van der Waals surface area contributed by atoms with Crippen LogP contribution in [0.15, 0.2) is 35.3 Å². The van der Waals surface area contributed by atoms with Crippen molar-refractivity contribution >= 4 is 0 Å². The minimum absolute atomic E-state index is 0.319. The molecule has 0 spiro atoms. The van der Waals surface area contributed by atoms with E-state index in [1.165, 1.54) is 0 Å². The molecule has 0 aliphatic rings. The van der Waals surface area contributed by atoms with Crippen LogP contribution in [0.5, 0.6) is 5.75 Å². The first-order valence-electron chi connectivity index (χ1n) is 4.49. The average molecular weight is 213 g/mol. The van der Waals surface area contributed by atoms with Gasteiger partial charge in [-0.1, -0.05) is 12.1 Å². The number of hydrogen-bond donors (Lipinski definition) is 2. The molecule has 0 unspecified atom stereocenters. The minimum atomic E-state index is -0.604. The lowest BCUT2D eigenvalue weighted by molar-refractivity contribution is 0.463. The molecule has 0 bridgehead atoms. The van der Waals surface area contributed by atoms with Crippen LogP contribution in [0.3, 0.4) is 0 Å². The molecule has 0 atom stereocenters. The molecule has 0 radical (unpaired) electrons. The van der Waals surface area contributed by atoms with Crippen LogP contribution in [0.2, 0.25) is 0 Å². The predicted octanol–water partition coefficient (Wildman–Crippen LogP) is 1.01. The number of rotatable bonds is 1. The summed E-state index contributed by atoms with van der Waals surface area (Å²) in [5, 5.41) is 17.8. The molecule has 0 amide bonds. The Kier molecular flexibility index (Phi) is 2.40. The van der Waals surface area contributed by atoms with Crippen molar-refractivity contribution in [3.05, 3.63) is 46.4 Å². The van der Waals surface area contributed by atoms with Gasteiger partial charge in [0, 0.05) is 5.56 Å². The average Bonchev–Trinajstić information content (AvgIpc) is 2.33. The fraction of sp³-hybridized carbons (Fsp3) is 0. The van der Waals surface area contributed by atoms with E-state index in [-0.39, 0.29) is 0 Å². The molecule has 1 heterocycles. The lowest BCUT2D eigenvalue weighted by Crippen LogP contribution is -2.07. The van der Waals surface area contributed by atoms with Gasteiger partial charge in [-0.3, -0.25) is 4.79 Å². The summed E-state index contributed by atoms with van der Waals surface area (Å²) in [6.45, 7) is 0. The molecule has 5 heteroatoms. The third-order valence-corrected chi connectivity index (χ3v) is 2.05. The van der Waals surface area contributed by atoms with E-state index in [2.05, 4.69) is 9.97 Å². The molecule has 16 heavy (non-hydrogen) atoms. The van der Waals surface area contributed by atoms with Gasteiger partial charge in [0.05, 0.1) is 17.8 Å². The monoisotopic (exact) mass is 213 g/mol. The summed E-state index contributed by atoms with van der Waals surface area (Å²) in [7, 11) is 0. The Morgan fingerprint density at radius 3 is 2.94 bits per heavy atom. The number of aromatic amines is 1. The fourth-order valence-electron chi connectivity index (χ4n) is 1.27. The van der Waals surface area contributed by atoms with E-state index in [4.69, 9.17) is 10.4 Å². The molecule has 0 fully saturated rings. The van der Waals surface area contributed by atoms with Gasteiger partial charge < -0.3 is 10.1 Å². The first-order chi connectivity index (χ1) is 7.70. The molecule has 0 aliphatic heterocycles. The first-order valence-corrected chi connectivity index (χ1v) is 4.49. The molecular formula is C11H7N3O2. The van der Waals surface area contributed by atoms with Crippen LogP contribution in [0, 0.1) is 11.3 Å². The van der Waals surface area contributed by atoms with Crippen LogP contribution in [0.4, 0.5) is 0 Å². The second kappa shape index (κ2) is 3.87. The summed E-state index contributed by atoms with van der Waals surface area (Å²) >= 11 is 0. The summed E-state index contributed by atoms with van der Waals surface area (Å²) in [4.78, 5) is 17.4. The van der Waals surface area contributed by atoms with Crippen molar-refractivity contribution in [2.75, 3.05) is 0 Å². The third-order valence-electron chi connectivity index (χ3n) is 2.05. The quantitative estimate of drug-likeness (QED) is 0.739. The van der Waals surface area contributed by atoms with Crippen molar-refractivity contribution < 1.29 is 5.11 Å². The molecule has 78 valence electrons. The van der Waals surface area contributed by atoms with Crippen molar-refractivity contribution in [1.29, 1.82) is 5.26 Å². The maximum Gasteiger partial charge on any atom is 0.293 e. The smallest absolute Gasteiger partial charge is 0.293 e. The van der Waals surface area contributed by atoms with Crippen LogP contribution < -0.4 is 5.56 Å². The van der Waals surface area contributed by atoms with Crippen molar-refractivity contribution in [1.82, 2.24) is 9.97 Å². The van der Waals surface area contributed by atoms with Crippen LogP contribution >= 0.6 is 0 Å². The molecule has 2 aromatic rings. The van der Waals surface area contributed by atoms with Gasteiger partial charge in [-0.2, -0.15) is 5.26 Å². The topological polar surface area (TPSA) is 89.8 Å². The Labute approximate surface area is 90.6 Å². The van der Waals surface area contributed by atoms with E-state index in [0.29, 0.717) is 17.0 Å². The van der Waals surface area contributed by atoms with Crippen LogP contribution in [0.1, 0.15) is 5.56 Å². The van der Waals surface area contributed by atoms with E-state index in [9.17, 15) is 4.79 Å². The van der Waals surface area contributed by atoms with E-state index in [1.807, 2.05) is 6.07 Å². The first kappa shape index (κ1) is 9.93. The largest absolute Gasteiger partial charge is 0.502 e. The Bertz CT molecular complexity index is 626. The Morgan fingerprint density at radius 1 is 1.44 bits per heavy atom. The zero-order valence-electron chi connectivity index (χ0n) is 8.14. The lowest BCUT2D eigenvalue weighted by Gasteiger charge is -2.00. The summed E-state index contributed by atoms with van der Waals surface area (Å²) in [6.07, 6.45) is 1.08. The lowest BCUT2D eigenvalue weighted by atomic mass is 10.1. The fourth-order valence-corrected chi connectivity index (χ4v) is 1.27. The predicted molar refractivity (Wildman–Crippen MR) is 56.7 cm³/mol. The van der Waals surface area contributed by atoms with Gasteiger partial charge in [-0.25, -0.2) is 4.98 Å². The number of nitrogens with zero attached hydrogens (tertiary/aromatic N) is 2. The maximum atomic E-state index is 11.2. The van der Waals surface area contributed by atoms with Crippen LogP contribution in [0.25, 0.3) is 11.4 Å². The zero-order valence-corrected chi connectivity index (χ0v) is 8.14. The highest BCUT2D eigenvalue weighted by molar-refractivity contribution is 5.57. The summed E-state index contributed by atoms with van der Waals surface area (Å²) in [5.41, 5.74) is 0.497. The molecule has 2 rings (SSSR count). The number of aromatic hydroxyl groups is 1. The number of aromatic nitrogens is 2. The standard InChI is InChI=1S/C11H7N3O2/c12-5-7-2-1-3-8(4-7)10-13-6-9(15)11(16)14-10/h1-4,6,15H,(H,13,14,16). The van der Waals surface area contributed by atoms with Gasteiger partial charge in [0.2, 0.25) is 0 Å². The number of hydrogen-bond acceptors (Lipinski definition) is 4. The highest BCUT2D eigenvalue weighted by Gasteiger charge is 2.03. The molecule has 1 aromatic heterocycles. The van der Waals surface area contributed by atoms with Gasteiger partial charge in [-0.15, -0.1) is 0 Å². The van der Waals surface area contributed by atoms with E-state index >= 15 is 0 Å². The zero-order chi connectivity index (χ0) is 11.5. The second-order valence-electron chi connectivity index (χ2n) is 3.14. The number of nitrogens with one attached hydrogen (secondary N) is 1. The molecule has 0 aliphatic carbocycles. The van der Waals surface area contributed by atoms with Crippen molar-refractivity contribution in [3.8, 4) is 23.2 Å². The minimum Gasteiger partial charge on any atom is -0.502 e. The maximum absolute atomic E-state index is 11.2. The molecular weight excluding hydrogens is 206 g/mol. The number of H-pyrrole nitrogens is 1. The van der Waals surface area contributed by atoms with Crippen LogP contribution in [-0.4, -0.2) is 15.1 Å². The van der Waals surface area contributed by atoms with Gasteiger partial charge in [0.15, 0.2) is 5.75 Å². The van der Waals surface area contributed by atoms with Crippen molar-refractivity contribution in [3.63, 3.8) is 0 Å². The molecule has 2 N–H and O–H groups in total. The molecule has 1 aromatic carbocycles. The number of benzene rings is 1. The van der Waals surface area contributed by atoms with Crippen LogP contribution in [-0.2, 0) is 0 Å². The van der Waals surface area contributed by atoms with Crippen molar-refractivity contribution in [2.45, 2.75) is 0 Å².